The molecule has 5 heteroatoms. The van der Waals surface area contributed by atoms with Gasteiger partial charge in [0.05, 0.1) is 5.70 Å². The van der Waals surface area contributed by atoms with Crippen LogP contribution in [-0.4, -0.2) is 17.2 Å². The summed E-state index contributed by atoms with van der Waals surface area (Å²) in [5.41, 5.74) is 2.47. The van der Waals surface area contributed by atoms with Gasteiger partial charge in [0.1, 0.15) is 16.7 Å². The smallest absolute Gasteiger partial charge is 0.176 e. The van der Waals surface area contributed by atoms with Crippen LogP contribution in [0.15, 0.2) is 44.7 Å². The van der Waals surface area contributed by atoms with Crippen LogP contribution in [0.3, 0.4) is 0 Å². The minimum atomic E-state index is -0.0389. The third-order valence-corrected chi connectivity index (χ3v) is 4.87. The number of nitrogens with zero attached hydrogens (tertiary/aromatic N) is 2. The van der Waals surface area contributed by atoms with E-state index in [4.69, 9.17) is 0 Å². The zero-order valence-electron chi connectivity index (χ0n) is 10.6. The van der Waals surface area contributed by atoms with Gasteiger partial charge in [-0.05, 0) is 24.1 Å². The van der Waals surface area contributed by atoms with Crippen molar-refractivity contribution in [3.63, 3.8) is 0 Å². The highest BCUT2D eigenvalue weighted by molar-refractivity contribution is 9.10. The van der Waals surface area contributed by atoms with E-state index in [1.165, 1.54) is 11.8 Å². The Bertz CT molecular complexity index is 670. The molecule has 0 bridgehead atoms. The second kappa shape index (κ2) is 5.47. The molecular formula is C15H11BrN2OS. The van der Waals surface area contributed by atoms with Gasteiger partial charge in [0.15, 0.2) is 5.78 Å². The highest BCUT2D eigenvalue weighted by Crippen LogP contribution is 2.42. The Balaban J connectivity index is 2.01. The number of halogens is 1. The van der Waals surface area contributed by atoms with Crippen molar-refractivity contribution in [3.8, 4) is 6.07 Å². The first-order chi connectivity index (χ1) is 9.70. The molecule has 20 heavy (non-hydrogen) atoms. The quantitative estimate of drug-likeness (QED) is 0.773. The summed E-state index contributed by atoms with van der Waals surface area (Å²) in [5, 5.41) is 12.0. The fraction of sp³-hybridized carbons (Fsp3) is 0.200. The minimum Gasteiger partial charge on any atom is -0.334 e. The Labute approximate surface area is 130 Å². The number of thioether (sulfide) groups is 1. The zero-order valence-corrected chi connectivity index (χ0v) is 13.0. The molecule has 0 saturated heterocycles. The largest absolute Gasteiger partial charge is 0.334 e. The van der Waals surface area contributed by atoms with Gasteiger partial charge in [-0.2, -0.15) is 5.26 Å². The molecule has 0 radical (unpaired) electrons. The summed E-state index contributed by atoms with van der Waals surface area (Å²) >= 11 is 4.90. The molecule has 0 aromatic heterocycles. The number of allylic oxidation sites excluding steroid dienone is 1. The number of Topliss-reactive ketones (excluding diaryl/α,β-unsaturated/α-hetero) is 1. The van der Waals surface area contributed by atoms with E-state index in [1.54, 1.807) is 0 Å². The lowest BCUT2D eigenvalue weighted by Gasteiger charge is -2.22. The molecule has 3 nitrogen and oxygen atoms in total. The highest BCUT2D eigenvalue weighted by atomic mass is 79.9. The maximum atomic E-state index is 11.9. The van der Waals surface area contributed by atoms with Crippen LogP contribution in [0.2, 0.25) is 0 Å². The third kappa shape index (κ3) is 2.30. The zero-order chi connectivity index (χ0) is 14.1. The predicted molar refractivity (Wildman–Crippen MR) is 83.3 cm³/mol. The van der Waals surface area contributed by atoms with Gasteiger partial charge in [-0.1, -0.05) is 39.8 Å². The maximum absolute atomic E-state index is 11.9. The van der Waals surface area contributed by atoms with Gasteiger partial charge >= 0.3 is 0 Å². The summed E-state index contributed by atoms with van der Waals surface area (Å²) in [6.45, 7) is 0.779. The first-order valence-corrected chi connectivity index (χ1v) is 7.96. The maximum Gasteiger partial charge on any atom is 0.176 e. The van der Waals surface area contributed by atoms with Crippen LogP contribution in [0.25, 0.3) is 5.70 Å². The summed E-state index contributed by atoms with van der Waals surface area (Å²) < 4.78 is 1.03. The molecule has 2 heterocycles. The average Bonchev–Trinajstić information content (AvgIpc) is 2.78. The number of rotatable bonds is 1. The summed E-state index contributed by atoms with van der Waals surface area (Å²) in [6, 6.07) is 10.1. The molecule has 0 spiro atoms. The van der Waals surface area contributed by atoms with E-state index in [9.17, 15) is 10.1 Å². The van der Waals surface area contributed by atoms with Crippen molar-refractivity contribution in [2.45, 2.75) is 12.8 Å². The molecule has 2 aliphatic rings. The van der Waals surface area contributed by atoms with Crippen molar-refractivity contribution in [3.05, 3.63) is 50.3 Å². The van der Waals surface area contributed by atoms with Crippen LogP contribution in [0, 0.1) is 11.3 Å². The molecule has 0 fully saturated rings. The molecule has 2 aliphatic heterocycles. The standard InChI is InChI=1S/C15H11BrN2OS/c16-11-5-3-10(4-6-11)13-9-20-15-12(8-17)14(19)2-1-7-18(13)15/h3-6,9H,1-2,7H2. The van der Waals surface area contributed by atoms with E-state index < -0.39 is 0 Å². The first kappa shape index (κ1) is 13.5. The van der Waals surface area contributed by atoms with Crippen LogP contribution in [0.1, 0.15) is 18.4 Å². The Morgan fingerprint density at radius 1 is 1.30 bits per heavy atom. The number of hydrogen-bond donors (Lipinski definition) is 0. The predicted octanol–water partition coefficient (Wildman–Crippen LogP) is 3.89. The fourth-order valence-corrected chi connectivity index (χ4v) is 3.71. The Morgan fingerprint density at radius 2 is 2.05 bits per heavy atom. The monoisotopic (exact) mass is 346 g/mol. The lowest BCUT2D eigenvalue weighted by molar-refractivity contribution is -0.115. The fourth-order valence-electron chi connectivity index (χ4n) is 2.36. The molecule has 3 rings (SSSR count). The van der Waals surface area contributed by atoms with Crippen LogP contribution >= 0.6 is 27.7 Å². The van der Waals surface area contributed by atoms with Crippen molar-refractivity contribution in [1.82, 2.24) is 4.90 Å². The SMILES string of the molecule is N#CC1=C2SC=C(c3ccc(Br)cc3)N2CCCC1=O. The lowest BCUT2D eigenvalue weighted by Crippen LogP contribution is -2.17. The molecule has 0 aliphatic carbocycles. The minimum absolute atomic E-state index is 0.0389. The summed E-state index contributed by atoms with van der Waals surface area (Å²) in [4.78, 5) is 14.0. The summed E-state index contributed by atoms with van der Waals surface area (Å²) in [7, 11) is 0. The van der Waals surface area contributed by atoms with Gasteiger partial charge in [0, 0.05) is 22.8 Å². The number of carbonyl (C=O) groups excluding carboxylic acids is 1. The number of fused-ring (bicyclic) bond motifs is 1. The second-order valence-electron chi connectivity index (χ2n) is 4.60. The van der Waals surface area contributed by atoms with Gasteiger partial charge in [-0.25, -0.2) is 0 Å². The lowest BCUT2D eigenvalue weighted by atomic mass is 10.1. The van der Waals surface area contributed by atoms with Crippen LogP contribution in [0.5, 0.6) is 0 Å². The Hall–Kier alpha value is -1.51. The first-order valence-electron chi connectivity index (χ1n) is 6.28. The normalized spacial score (nSPS) is 18.5. The number of hydrogen-bond acceptors (Lipinski definition) is 4. The Kier molecular flexibility index (Phi) is 3.68. The van der Waals surface area contributed by atoms with Gasteiger partial charge < -0.3 is 4.90 Å². The van der Waals surface area contributed by atoms with Crippen molar-refractivity contribution < 1.29 is 4.79 Å². The molecule has 0 unspecified atom stereocenters. The van der Waals surface area contributed by atoms with E-state index in [0.29, 0.717) is 12.0 Å². The molecule has 0 amide bonds. The number of benzene rings is 1. The molecule has 100 valence electrons. The van der Waals surface area contributed by atoms with Gasteiger partial charge in [0.25, 0.3) is 0 Å². The van der Waals surface area contributed by atoms with E-state index in [2.05, 4.69) is 26.9 Å². The summed E-state index contributed by atoms with van der Waals surface area (Å²) in [6.07, 6.45) is 1.24. The molecular weight excluding hydrogens is 336 g/mol. The number of nitriles is 1. The Morgan fingerprint density at radius 3 is 2.75 bits per heavy atom. The molecule has 0 saturated carbocycles. The third-order valence-electron chi connectivity index (χ3n) is 3.35. The van der Waals surface area contributed by atoms with Crippen molar-refractivity contribution in [2.75, 3.05) is 6.54 Å². The van der Waals surface area contributed by atoms with E-state index in [1.807, 2.05) is 29.7 Å². The van der Waals surface area contributed by atoms with Crippen LogP contribution in [-0.2, 0) is 4.79 Å². The topological polar surface area (TPSA) is 44.1 Å². The van der Waals surface area contributed by atoms with Crippen LogP contribution < -0.4 is 0 Å². The number of ketones is 1. The van der Waals surface area contributed by atoms with E-state index >= 15 is 0 Å². The highest BCUT2D eigenvalue weighted by Gasteiger charge is 2.30. The number of carbonyl (C=O) groups is 1. The van der Waals surface area contributed by atoms with E-state index in [-0.39, 0.29) is 5.78 Å². The average molecular weight is 347 g/mol. The van der Waals surface area contributed by atoms with Crippen LogP contribution in [0.4, 0.5) is 0 Å². The van der Waals surface area contributed by atoms with Crippen molar-refractivity contribution >= 4 is 39.2 Å². The molecule has 1 aromatic carbocycles. The van der Waals surface area contributed by atoms with Crippen molar-refractivity contribution in [1.29, 1.82) is 5.26 Å². The van der Waals surface area contributed by atoms with Gasteiger partial charge in [-0.15, -0.1) is 0 Å². The van der Waals surface area contributed by atoms with Gasteiger partial charge in [-0.3, -0.25) is 4.79 Å². The summed E-state index contributed by atoms with van der Waals surface area (Å²) in [5.74, 6) is -0.0389. The van der Waals surface area contributed by atoms with E-state index in [0.717, 1.165) is 33.7 Å². The van der Waals surface area contributed by atoms with Gasteiger partial charge in [0.2, 0.25) is 0 Å². The molecule has 0 atom stereocenters. The van der Waals surface area contributed by atoms with Crippen molar-refractivity contribution in [2.24, 2.45) is 0 Å². The molecule has 0 N–H and O–H groups in total. The molecule has 1 aromatic rings. The second-order valence-corrected chi connectivity index (χ2v) is 6.37.